The molecule has 1 nitrogen and oxygen atoms in total. The van der Waals surface area contributed by atoms with Crippen LogP contribution in [-0.4, -0.2) is 12.6 Å². The number of nitrogens with one attached hydrogen (secondary N) is 1. The summed E-state index contributed by atoms with van der Waals surface area (Å²) in [5, 5.41) is 3.66. The van der Waals surface area contributed by atoms with E-state index in [0.717, 1.165) is 6.04 Å². The van der Waals surface area contributed by atoms with Gasteiger partial charge in [0.05, 0.1) is 0 Å². The van der Waals surface area contributed by atoms with Gasteiger partial charge in [0, 0.05) is 6.04 Å². The minimum absolute atomic E-state index is 0.836. The van der Waals surface area contributed by atoms with Crippen molar-refractivity contribution >= 4 is 0 Å². The molecule has 2 rings (SSSR count). The lowest BCUT2D eigenvalue weighted by Crippen LogP contribution is -2.29. The van der Waals surface area contributed by atoms with Crippen LogP contribution in [0.4, 0.5) is 0 Å². The minimum Gasteiger partial charge on any atom is -0.314 e. The maximum atomic E-state index is 3.66. The lowest BCUT2D eigenvalue weighted by atomic mass is 9.87. The molecule has 0 aromatic rings. The maximum Gasteiger partial charge on any atom is 0.00725 e. The lowest BCUT2D eigenvalue weighted by Gasteiger charge is -2.22. The topological polar surface area (TPSA) is 12.0 Å². The van der Waals surface area contributed by atoms with E-state index in [1.54, 1.807) is 0 Å². The van der Waals surface area contributed by atoms with Crippen LogP contribution < -0.4 is 5.32 Å². The van der Waals surface area contributed by atoms with Crippen LogP contribution in [0.1, 0.15) is 51.4 Å². The highest BCUT2D eigenvalue weighted by molar-refractivity contribution is 4.97. The number of hydrogen-bond donors (Lipinski definition) is 1. The van der Waals surface area contributed by atoms with Crippen LogP contribution in [0.2, 0.25) is 0 Å². The molecule has 1 N–H and O–H groups in total. The average Bonchev–Trinajstić information content (AvgIpc) is 2.25. The van der Waals surface area contributed by atoms with Gasteiger partial charge in [0.1, 0.15) is 0 Å². The van der Waals surface area contributed by atoms with Gasteiger partial charge in [0.25, 0.3) is 0 Å². The molecule has 0 amide bonds. The molecule has 2 aliphatic rings. The molecule has 69 valence electrons. The van der Waals surface area contributed by atoms with Gasteiger partial charge in [-0.05, 0) is 44.6 Å². The average molecular weight is 166 g/mol. The summed E-state index contributed by atoms with van der Waals surface area (Å²) in [7, 11) is 0. The van der Waals surface area contributed by atoms with Crippen LogP contribution in [0.25, 0.3) is 0 Å². The second-order valence-corrected chi connectivity index (χ2v) is 4.31. The van der Waals surface area contributed by atoms with Crippen LogP contribution >= 0.6 is 0 Å². The molecule has 1 atom stereocenters. The fourth-order valence-corrected chi connectivity index (χ4v) is 2.54. The van der Waals surface area contributed by atoms with E-state index in [0.29, 0.717) is 0 Å². The van der Waals surface area contributed by atoms with Crippen molar-refractivity contribution in [2.75, 3.05) is 6.54 Å². The lowest BCUT2D eigenvalue weighted by molar-refractivity contribution is 0.429. The Morgan fingerprint density at radius 3 is 2.92 bits per heavy atom. The first-order valence-electron chi connectivity index (χ1n) is 5.52. The Morgan fingerprint density at radius 2 is 1.92 bits per heavy atom. The molecule has 1 heterocycles. The second-order valence-electron chi connectivity index (χ2n) is 4.31. The molecule has 1 heteroatoms. The van der Waals surface area contributed by atoms with Crippen molar-refractivity contribution < 1.29 is 0 Å². The summed E-state index contributed by atoms with van der Waals surface area (Å²) in [5.74, 6) is 1.85. The Labute approximate surface area is 75.9 Å². The van der Waals surface area contributed by atoms with Gasteiger partial charge < -0.3 is 5.32 Å². The number of rotatable bonds is 0. The Morgan fingerprint density at radius 1 is 1.00 bits per heavy atom. The third-order valence-corrected chi connectivity index (χ3v) is 3.26. The van der Waals surface area contributed by atoms with Gasteiger partial charge in [0.15, 0.2) is 0 Å². The molecular formula is C11H20N. The summed E-state index contributed by atoms with van der Waals surface area (Å²) < 4.78 is 0. The maximum absolute atomic E-state index is 3.66. The first-order valence-corrected chi connectivity index (χ1v) is 5.52. The van der Waals surface area contributed by atoms with Crippen molar-refractivity contribution in [3.63, 3.8) is 0 Å². The molecule has 1 unspecified atom stereocenters. The van der Waals surface area contributed by atoms with E-state index < -0.39 is 0 Å². The molecule has 2 fully saturated rings. The summed E-state index contributed by atoms with van der Waals surface area (Å²) >= 11 is 0. The zero-order valence-electron chi connectivity index (χ0n) is 7.94. The van der Waals surface area contributed by atoms with Gasteiger partial charge in [-0.1, -0.05) is 19.3 Å². The molecule has 0 aromatic carbocycles. The van der Waals surface area contributed by atoms with Crippen molar-refractivity contribution in [3.05, 3.63) is 5.92 Å². The largest absolute Gasteiger partial charge is 0.314 e. The van der Waals surface area contributed by atoms with Crippen molar-refractivity contribution in [3.8, 4) is 0 Å². The Bertz CT molecular complexity index is 119. The Hall–Kier alpha value is -0.0400. The smallest absolute Gasteiger partial charge is 0.00725 e. The molecule has 1 radical (unpaired) electrons. The highest BCUT2D eigenvalue weighted by Crippen LogP contribution is 2.29. The molecular weight excluding hydrogens is 146 g/mol. The fourth-order valence-electron chi connectivity index (χ4n) is 2.54. The molecule has 1 saturated carbocycles. The van der Waals surface area contributed by atoms with E-state index in [4.69, 9.17) is 0 Å². The van der Waals surface area contributed by atoms with E-state index in [1.807, 2.05) is 5.92 Å². The van der Waals surface area contributed by atoms with Gasteiger partial charge >= 0.3 is 0 Å². The van der Waals surface area contributed by atoms with E-state index in [1.165, 1.54) is 57.9 Å². The van der Waals surface area contributed by atoms with Crippen LogP contribution in [0.15, 0.2) is 0 Å². The van der Waals surface area contributed by atoms with E-state index in [2.05, 4.69) is 5.32 Å². The van der Waals surface area contributed by atoms with Crippen molar-refractivity contribution in [1.29, 1.82) is 0 Å². The third kappa shape index (κ3) is 2.22. The van der Waals surface area contributed by atoms with Gasteiger partial charge in [-0.3, -0.25) is 0 Å². The SMILES string of the molecule is C1CC[C]2CCCNC(CC1)C2. The zero-order chi connectivity index (χ0) is 8.23. The monoisotopic (exact) mass is 166 g/mol. The summed E-state index contributed by atoms with van der Waals surface area (Å²) in [6, 6.07) is 0.836. The molecule has 0 aromatic heterocycles. The van der Waals surface area contributed by atoms with Gasteiger partial charge in [-0.15, -0.1) is 0 Å². The van der Waals surface area contributed by atoms with Crippen LogP contribution in [0.3, 0.4) is 0 Å². The summed E-state index contributed by atoms with van der Waals surface area (Å²) in [4.78, 5) is 0. The van der Waals surface area contributed by atoms with Crippen molar-refractivity contribution in [2.24, 2.45) is 0 Å². The van der Waals surface area contributed by atoms with E-state index in [-0.39, 0.29) is 0 Å². The van der Waals surface area contributed by atoms with Crippen LogP contribution in [0, 0.1) is 5.92 Å². The number of fused-ring (bicyclic) bond motifs is 2. The molecule has 1 saturated heterocycles. The van der Waals surface area contributed by atoms with E-state index >= 15 is 0 Å². The fraction of sp³-hybridized carbons (Fsp3) is 0.909. The van der Waals surface area contributed by atoms with Crippen molar-refractivity contribution in [2.45, 2.75) is 57.4 Å². The van der Waals surface area contributed by atoms with Gasteiger partial charge in [-0.25, -0.2) is 0 Å². The molecule has 1 aliphatic heterocycles. The molecule has 2 bridgehead atoms. The summed E-state index contributed by atoms with van der Waals surface area (Å²) in [6.07, 6.45) is 11.4. The van der Waals surface area contributed by atoms with Crippen LogP contribution in [-0.2, 0) is 0 Å². The minimum atomic E-state index is 0.836. The summed E-state index contributed by atoms with van der Waals surface area (Å²) in [6.45, 7) is 1.26. The summed E-state index contributed by atoms with van der Waals surface area (Å²) in [5.41, 5.74) is 0. The van der Waals surface area contributed by atoms with Crippen LogP contribution in [0.5, 0.6) is 0 Å². The highest BCUT2D eigenvalue weighted by Gasteiger charge is 2.21. The first-order chi connectivity index (χ1) is 5.95. The molecule has 12 heavy (non-hydrogen) atoms. The normalized spacial score (nSPS) is 33.5. The third-order valence-electron chi connectivity index (χ3n) is 3.26. The van der Waals surface area contributed by atoms with E-state index in [9.17, 15) is 0 Å². The molecule has 1 aliphatic carbocycles. The molecule has 0 spiro atoms. The zero-order valence-corrected chi connectivity index (χ0v) is 7.94. The standard InChI is InChI=1S/C11H20N/c1-2-5-10-6-4-8-12-11(9-10)7-3-1/h11-12H,1-9H2. The Kier molecular flexibility index (Phi) is 3.04. The van der Waals surface area contributed by atoms with Gasteiger partial charge in [0.2, 0.25) is 0 Å². The number of hydrogen-bond acceptors (Lipinski definition) is 1. The predicted molar refractivity (Wildman–Crippen MR) is 52.0 cm³/mol. The first kappa shape index (κ1) is 8.55. The van der Waals surface area contributed by atoms with Crippen molar-refractivity contribution in [1.82, 2.24) is 5.32 Å². The Balaban J connectivity index is 1.92. The van der Waals surface area contributed by atoms with Gasteiger partial charge in [-0.2, -0.15) is 0 Å². The highest BCUT2D eigenvalue weighted by atomic mass is 14.9. The quantitative estimate of drug-likeness (QED) is 0.583. The second kappa shape index (κ2) is 4.27. The predicted octanol–water partition coefficient (Wildman–Crippen LogP) is 2.67.